The molecule has 0 radical (unpaired) electrons. The molecule has 0 saturated heterocycles. The molecule has 0 aliphatic carbocycles. The second-order valence-electron chi connectivity index (χ2n) is 1.24. The predicted molar refractivity (Wildman–Crippen MR) is 29.8 cm³/mol. The molecule has 0 heterocycles. The van der Waals surface area contributed by atoms with Gasteiger partial charge in [0.1, 0.15) is 0 Å². The molecule has 48 valence electrons. The first kappa shape index (κ1) is 7.90. The number of hydrogen-bond donors (Lipinski definition) is 3. The minimum absolute atomic E-state index is 0.175. The maximum atomic E-state index is 8.07. The monoisotopic (exact) mass is 119 g/mol. The van der Waals surface area contributed by atoms with Gasteiger partial charge in [-0.1, -0.05) is 6.92 Å². The summed E-state index contributed by atoms with van der Waals surface area (Å²) in [4.78, 5) is 0. The average Bonchev–Trinajstić information content (AvgIpc) is 1.66. The van der Waals surface area contributed by atoms with Gasteiger partial charge in [0.05, 0.1) is 6.73 Å². The van der Waals surface area contributed by atoms with E-state index in [1.807, 2.05) is 6.92 Å². The normalized spacial score (nSPS) is 9.38. The van der Waals surface area contributed by atoms with E-state index < -0.39 is 7.32 Å². The summed E-state index contributed by atoms with van der Waals surface area (Å²) in [7, 11) is -1.66. The van der Waals surface area contributed by atoms with E-state index in [9.17, 15) is 0 Å². The van der Waals surface area contributed by atoms with Gasteiger partial charge < -0.3 is 14.7 Å². The Kier molecular flexibility index (Phi) is 4.99. The second kappa shape index (κ2) is 5.05. The molecule has 0 aromatic rings. The summed E-state index contributed by atoms with van der Waals surface area (Å²) in [6.45, 7) is 2.83. The molecule has 0 bridgehead atoms. The molecule has 0 aromatic carbocycles. The van der Waals surface area contributed by atoms with Crippen molar-refractivity contribution >= 4 is 7.32 Å². The molecule has 8 heavy (non-hydrogen) atoms. The Labute approximate surface area is 48.6 Å². The lowest BCUT2D eigenvalue weighted by Crippen LogP contribution is -2.25. The molecular formula is C3H10BNO3. The van der Waals surface area contributed by atoms with E-state index in [1.54, 1.807) is 0 Å². The fraction of sp³-hybridized carbons (Fsp3) is 1.00. The highest BCUT2D eigenvalue weighted by Gasteiger charge is 2.05. The van der Waals surface area contributed by atoms with Crippen LogP contribution in [0.2, 0.25) is 0 Å². The SMILES string of the molecule is CCNCOB(O)O. The van der Waals surface area contributed by atoms with Crippen molar-refractivity contribution in [2.45, 2.75) is 6.92 Å². The summed E-state index contributed by atoms with van der Waals surface area (Å²) in [6, 6.07) is 0. The zero-order valence-electron chi connectivity index (χ0n) is 4.79. The summed E-state index contributed by atoms with van der Waals surface area (Å²) < 4.78 is 4.28. The first-order chi connectivity index (χ1) is 3.77. The van der Waals surface area contributed by atoms with E-state index in [1.165, 1.54) is 0 Å². The van der Waals surface area contributed by atoms with Gasteiger partial charge in [-0.3, -0.25) is 5.32 Å². The van der Waals surface area contributed by atoms with Crippen molar-refractivity contribution < 1.29 is 14.7 Å². The number of hydrogen-bond acceptors (Lipinski definition) is 4. The Bertz CT molecular complexity index is 51.8. The van der Waals surface area contributed by atoms with E-state index in [-0.39, 0.29) is 6.73 Å². The van der Waals surface area contributed by atoms with Crippen LogP contribution in [0.5, 0.6) is 0 Å². The molecule has 0 amide bonds. The largest absolute Gasteiger partial charge is 0.634 e. The Morgan fingerprint density at radius 1 is 1.62 bits per heavy atom. The molecule has 0 aliphatic rings. The lowest BCUT2D eigenvalue weighted by molar-refractivity contribution is 0.172. The van der Waals surface area contributed by atoms with Crippen LogP contribution in [0.15, 0.2) is 0 Å². The highest BCUT2D eigenvalue weighted by Crippen LogP contribution is 1.69. The second-order valence-corrected chi connectivity index (χ2v) is 1.24. The fourth-order valence-corrected chi connectivity index (χ4v) is 0.236. The zero-order valence-corrected chi connectivity index (χ0v) is 4.79. The third-order valence-electron chi connectivity index (χ3n) is 0.584. The van der Waals surface area contributed by atoms with E-state index >= 15 is 0 Å². The first-order valence-electron chi connectivity index (χ1n) is 2.45. The van der Waals surface area contributed by atoms with E-state index in [4.69, 9.17) is 10.0 Å². The van der Waals surface area contributed by atoms with Gasteiger partial charge in [0, 0.05) is 0 Å². The van der Waals surface area contributed by atoms with Crippen molar-refractivity contribution in [1.82, 2.24) is 5.32 Å². The highest BCUT2D eigenvalue weighted by molar-refractivity contribution is 6.32. The quantitative estimate of drug-likeness (QED) is 0.240. The van der Waals surface area contributed by atoms with Crippen molar-refractivity contribution in [2.75, 3.05) is 13.3 Å². The molecule has 0 aliphatic heterocycles. The summed E-state index contributed by atoms with van der Waals surface area (Å²) >= 11 is 0. The molecule has 0 unspecified atom stereocenters. The minimum atomic E-state index is -1.66. The smallest absolute Gasteiger partial charge is 0.402 e. The summed E-state index contributed by atoms with van der Waals surface area (Å²) in [5.41, 5.74) is 0. The standard InChI is InChI=1S/C3H10BNO3/c1-2-5-3-8-4(6)7/h5-7H,2-3H2,1H3. The van der Waals surface area contributed by atoms with Crippen molar-refractivity contribution in [3.8, 4) is 0 Å². The third-order valence-corrected chi connectivity index (χ3v) is 0.584. The van der Waals surface area contributed by atoms with Crippen molar-refractivity contribution in [3.63, 3.8) is 0 Å². The van der Waals surface area contributed by atoms with E-state index in [2.05, 4.69) is 9.97 Å². The van der Waals surface area contributed by atoms with Gasteiger partial charge >= 0.3 is 7.32 Å². The molecule has 0 aromatic heterocycles. The fourth-order valence-electron chi connectivity index (χ4n) is 0.236. The molecule has 0 atom stereocenters. The van der Waals surface area contributed by atoms with Crippen LogP contribution in [0.3, 0.4) is 0 Å². The van der Waals surface area contributed by atoms with Crippen LogP contribution < -0.4 is 5.32 Å². The predicted octanol–water partition coefficient (Wildman–Crippen LogP) is -1.46. The van der Waals surface area contributed by atoms with Gasteiger partial charge in [0.2, 0.25) is 0 Å². The third kappa shape index (κ3) is 5.90. The van der Waals surface area contributed by atoms with Crippen molar-refractivity contribution in [1.29, 1.82) is 0 Å². The minimum Gasteiger partial charge on any atom is -0.402 e. The molecule has 0 rings (SSSR count). The van der Waals surface area contributed by atoms with Crippen LogP contribution in [0.25, 0.3) is 0 Å². The first-order valence-corrected chi connectivity index (χ1v) is 2.45. The van der Waals surface area contributed by atoms with Gasteiger partial charge in [-0.15, -0.1) is 0 Å². The van der Waals surface area contributed by atoms with Gasteiger partial charge in [-0.25, -0.2) is 0 Å². The molecular weight excluding hydrogens is 109 g/mol. The van der Waals surface area contributed by atoms with Crippen LogP contribution in [0.1, 0.15) is 6.92 Å². The van der Waals surface area contributed by atoms with Crippen molar-refractivity contribution in [2.24, 2.45) is 0 Å². The van der Waals surface area contributed by atoms with E-state index in [0.29, 0.717) is 0 Å². The Hall–Kier alpha value is -0.0951. The molecule has 4 nitrogen and oxygen atoms in total. The Morgan fingerprint density at radius 3 is 2.62 bits per heavy atom. The Balaban J connectivity index is 2.72. The van der Waals surface area contributed by atoms with Gasteiger partial charge in [0.25, 0.3) is 0 Å². The molecule has 0 spiro atoms. The van der Waals surface area contributed by atoms with Crippen LogP contribution in [-0.4, -0.2) is 30.6 Å². The summed E-state index contributed by atoms with van der Waals surface area (Å²) in [5, 5.41) is 18.9. The molecule has 5 heteroatoms. The van der Waals surface area contributed by atoms with Gasteiger partial charge in [-0.2, -0.15) is 0 Å². The zero-order chi connectivity index (χ0) is 6.41. The summed E-state index contributed by atoms with van der Waals surface area (Å²) in [6.07, 6.45) is 0. The topological polar surface area (TPSA) is 61.7 Å². The average molecular weight is 119 g/mol. The van der Waals surface area contributed by atoms with Crippen LogP contribution >= 0.6 is 0 Å². The molecule has 0 saturated carbocycles. The number of nitrogens with one attached hydrogen (secondary N) is 1. The summed E-state index contributed by atoms with van der Waals surface area (Å²) in [5.74, 6) is 0. The Morgan fingerprint density at radius 2 is 2.25 bits per heavy atom. The maximum Gasteiger partial charge on any atom is 0.634 e. The van der Waals surface area contributed by atoms with Crippen LogP contribution in [0.4, 0.5) is 0 Å². The van der Waals surface area contributed by atoms with Crippen LogP contribution in [0, 0.1) is 0 Å². The molecule has 3 N–H and O–H groups in total. The lowest BCUT2D eigenvalue weighted by atomic mass is 10.3. The highest BCUT2D eigenvalue weighted by atomic mass is 16.6. The van der Waals surface area contributed by atoms with E-state index in [0.717, 1.165) is 6.54 Å². The molecule has 0 fully saturated rings. The van der Waals surface area contributed by atoms with Gasteiger partial charge in [-0.05, 0) is 6.54 Å². The van der Waals surface area contributed by atoms with Crippen molar-refractivity contribution in [3.05, 3.63) is 0 Å². The van der Waals surface area contributed by atoms with Crippen LogP contribution in [-0.2, 0) is 4.65 Å². The number of rotatable bonds is 4. The van der Waals surface area contributed by atoms with Gasteiger partial charge in [0.15, 0.2) is 0 Å². The maximum absolute atomic E-state index is 8.07. The lowest BCUT2D eigenvalue weighted by Gasteiger charge is -2.00.